The number of sulfonamides is 1. The highest BCUT2D eigenvalue weighted by atomic mass is 32.2. The van der Waals surface area contributed by atoms with Crippen LogP contribution in [0.1, 0.15) is 24.5 Å². The first-order valence-corrected chi connectivity index (χ1v) is 9.92. The monoisotopic (exact) mass is 361 g/mol. The SMILES string of the molecule is CCCOc1ccc(S(=O)(=O)NCC2(O)Cc3ccccc3C2)cc1. The molecule has 6 heteroatoms. The third kappa shape index (κ3) is 4.21. The first-order valence-electron chi connectivity index (χ1n) is 8.44. The molecule has 0 aromatic heterocycles. The number of nitrogens with one attached hydrogen (secondary N) is 1. The van der Waals surface area contributed by atoms with Gasteiger partial charge >= 0.3 is 0 Å². The molecule has 25 heavy (non-hydrogen) atoms. The average Bonchev–Trinajstić information content (AvgIpc) is 2.95. The Balaban J connectivity index is 1.64. The number of benzene rings is 2. The zero-order valence-corrected chi connectivity index (χ0v) is 15.1. The van der Waals surface area contributed by atoms with Crippen LogP contribution in [0.25, 0.3) is 0 Å². The van der Waals surface area contributed by atoms with E-state index in [9.17, 15) is 13.5 Å². The third-order valence-corrected chi connectivity index (χ3v) is 5.77. The van der Waals surface area contributed by atoms with E-state index in [2.05, 4.69) is 4.72 Å². The van der Waals surface area contributed by atoms with Gasteiger partial charge < -0.3 is 9.84 Å². The molecule has 1 aliphatic carbocycles. The molecule has 2 N–H and O–H groups in total. The average molecular weight is 361 g/mol. The van der Waals surface area contributed by atoms with Crippen LogP contribution >= 0.6 is 0 Å². The van der Waals surface area contributed by atoms with E-state index in [1.54, 1.807) is 12.1 Å². The lowest BCUT2D eigenvalue weighted by atomic mass is 10.0. The standard InChI is InChI=1S/C19H23NO4S/c1-2-11-24-17-7-9-18(10-8-17)25(22,23)20-14-19(21)12-15-5-3-4-6-16(15)13-19/h3-10,20-21H,2,11-14H2,1H3. The molecule has 0 aliphatic heterocycles. The van der Waals surface area contributed by atoms with Crippen LogP contribution in [0, 0.1) is 0 Å². The summed E-state index contributed by atoms with van der Waals surface area (Å²) in [4.78, 5) is 0.162. The van der Waals surface area contributed by atoms with Crippen molar-refractivity contribution in [3.8, 4) is 5.75 Å². The second-order valence-corrected chi connectivity index (χ2v) is 8.26. The van der Waals surface area contributed by atoms with Gasteiger partial charge in [-0.3, -0.25) is 0 Å². The molecule has 2 aromatic carbocycles. The number of hydrogen-bond acceptors (Lipinski definition) is 4. The zero-order valence-electron chi connectivity index (χ0n) is 14.2. The molecule has 0 saturated heterocycles. The Morgan fingerprint density at radius 1 is 1.08 bits per heavy atom. The van der Waals surface area contributed by atoms with Crippen LogP contribution < -0.4 is 9.46 Å². The lowest BCUT2D eigenvalue weighted by Crippen LogP contribution is -2.43. The highest BCUT2D eigenvalue weighted by Gasteiger charge is 2.36. The van der Waals surface area contributed by atoms with Crippen LogP contribution in [-0.4, -0.2) is 32.3 Å². The third-order valence-electron chi connectivity index (χ3n) is 4.36. The maximum absolute atomic E-state index is 12.5. The molecule has 2 aromatic rings. The summed E-state index contributed by atoms with van der Waals surface area (Å²) in [5.74, 6) is 0.644. The lowest BCUT2D eigenvalue weighted by Gasteiger charge is -2.22. The predicted octanol–water partition coefficient (Wildman–Crippen LogP) is 2.28. The van der Waals surface area contributed by atoms with Crippen LogP contribution in [0.4, 0.5) is 0 Å². The van der Waals surface area contributed by atoms with Crippen molar-refractivity contribution in [2.45, 2.75) is 36.7 Å². The highest BCUT2D eigenvalue weighted by Crippen LogP contribution is 2.29. The molecule has 0 saturated carbocycles. The van der Waals surface area contributed by atoms with Crippen LogP contribution in [0.5, 0.6) is 5.75 Å². The van der Waals surface area contributed by atoms with Gasteiger partial charge in [-0.05, 0) is 41.8 Å². The highest BCUT2D eigenvalue weighted by molar-refractivity contribution is 7.89. The van der Waals surface area contributed by atoms with E-state index in [0.717, 1.165) is 17.5 Å². The first-order chi connectivity index (χ1) is 11.9. The number of rotatable bonds is 7. The summed E-state index contributed by atoms with van der Waals surface area (Å²) in [6.45, 7) is 2.59. The van der Waals surface area contributed by atoms with E-state index >= 15 is 0 Å². The fourth-order valence-corrected chi connectivity index (χ4v) is 4.17. The maximum Gasteiger partial charge on any atom is 0.240 e. The molecular weight excluding hydrogens is 338 g/mol. The summed E-state index contributed by atoms with van der Waals surface area (Å²) in [5.41, 5.74) is 1.06. The Bertz CT molecular complexity index is 806. The normalized spacial score (nSPS) is 15.8. The minimum Gasteiger partial charge on any atom is -0.494 e. The predicted molar refractivity (Wildman–Crippen MR) is 96.2 cm³/mol. The van der Waals surface area contributed by atoms with E-state index in [4.69, 9.17) is 4.74 Å². The van der Waals surface area contributed by atoms with E-state index in [0.29, 0.717) is 25.2 Å². The fraction of sp³-hybridized carbons (Fsp3) is 0.368. The molecule has 0 fully saturated rings. The summed E-state index contributed by atoms with van der Waals surface area (Å²) in [6, 6.07) is 14.1. The first kappa shape index (κ1) is 17.9. The van der Waals surface area contributed by atoms with Crippen molar-refractivity contribution in [3.63, 3.8) is 0 Å². The van der Waals surface area contributed by atoms with E-state index in [-0.39, 0.29) is 11.4 Å². The molecule has 1 aliphatic rings. The topological polar surface area (TPSA) is 75.6 Å². The second-order valence-electron chi connectivity index (χ2n) is 6.49. The van der Waals surface area contributed by atoms with E-state index in [1.807, 2.05) is 31.2 Å². The number of hydrogen-bond donors (Lipinski definition) is 2. The molecule has 0 amide bonds. The molecule has 0 bridgehead atoms. The van der Waals surface area contributed by atoms with Gasteiger partial charge in [-0.25, -0.2) is 13.1 Å². The van der Waals surface area contributed by atoms with Crippen molar-refractivity contribution in [2.75, 3.05) is 13.2 Å². The molecule has 134 valence electrons. The van der Waals surface area contributed by atoms with Crippen molar-refractivity contribution in [2.24, 2.45) is 0 Å². The summed E-state index contributed by atoms with van der Waals surface area (Å²) >= 11 is 0. The van der Waals surface area contributed by atoms with Gasteiger partial charge in [0.2, 0.25) is 10.0 Å². The van der Waals surface area contributed by atoms with Crippen molar-refractivity contribution in [1.29, 1.82) is 0 Å². The summed E-state index contributed by atoms with van der Waals surface area (Å²) in [7, 11) is -3.68. The maximum atomic E-state index is 12.5. The van der Waals surface area contributed by atoms with Crippen molar-refractivity contribution in [3.05, 3.63) is 59.7 Å². The van der Waals surface area contributed by atoms with Gasteiger partial charge in [0.05, 0.1) is 17.1 Å². The van der Waals surface area contributed by atoms with Gasteiger partial charge in [0.15, 0.2) is 0 Å². The van der Waals surface area contributed by atoms with Crippen LogP contribution in [0.3, 0.4) is 0 Å². The Hall–Kier alpha value is -1.89. The van der Waals surface area contributed by atoms with Gasteiger partial charge in [-0.2, -0.15) is 0 Å². The van der Waals surface area contributed by atoms with E-state index in [1.165, 1.54) is 12.1 Å². The van der Waals surface area contributed by atoms with Crippen LogP contribution in [-0.2, 0) is 22.9 Å². The van der Waals surface area contributed by atoms with Gasteiger partial charge in [0.1, 0.15) is 5.75 Å². The molecule has 0 unspecified atom stereocenters. The summed E-state index contributed by atoms with van der Waals surface area (Å²) < 4.78 is 32.9. The minimum absolute atomic E-state index is 0.0158. The zero-order chi connectivity index (χ0) is 17.9. The molecule has 0 spiro atoms. The summed E-state index contributed by atoms with van der Waals surface area (Å²) in [5, 5.41) is 10.7. The Kier molecular flexibility index (Phi) is 5.13. The molecule has 5 nitrogen and oxygen atoms in total. The van der Waals surface area contributed by atoms with E-state index < -0.39 is 15.6 Å². The smallest absolute Gasteiger partial charge is 0.240 e. The Morgan fingerprint density at radius 3 is 2.24 bits per heavy atom. The Labute approximate surface area is 148 Å². The second kappa shape index (κ2) is 7.15. The summed E-state index contributed by atoms with van der Waals surface area (Å²) in [6.07, 6.45) is 1.80. The fourth-order valence-electron chi connectivity index (χ4n) is 3.05. The molecular formula is C19H23NO4S. The largest absolute Gasteiger partial charge is 0.494 e. The van der Waals surface area contributed by atoms with Gasteiger partial charge in [0, 0.05) is 19.4 Å². The molecule has 3 rings (SSSR count). The van der Waals surface area contributed by atoms with Crippen LogP contribution in [0.15, 0.2) is 53.4 Å². The van der Waals surface area contributed by atoms with Crippen molar-refractivity contribution < 1.29 is 18.3 Å². The lowest BCUT2D eigenvalue weighted by molar-refractivity contribution is 0.0567. The van der Waals surface area contributed by atoms with Crippen molar-refractivity contribution >= 4 is 10.0 Å². The molecule has 0 heterocycles. The minimum atomic E-state index is -3.68. The number of ether oxygens (including phenoxy) is 1. The van der Waals surface area contributed by atoms with Crippen molar-refractivity contribution in [1.82, 2.24) is 4.72 Å². The number of aliphatic hydroxyl groups is 1. The van der Waals surface area contributed by atoms with Gasteiger partial charge in [-0.1, -0.05) is 31.2 Å². The molecule has 0 radical (unpaired) electrons. The quantitative estimate of drug-likeness (QED) is 0.793. The van der Waals surface area contributed by atoms with Gasteiger partial charge in [0.25, 0.3) is 0 Å². The Morgan fingerprint density at radius 2 is 1.68 bits per heavy atom. The molecule has 0 atom stereocenters. The number of fused-ring (bicyclic) bond motifs is 1. The van der Waals surface area contributed by atoms with Crippen LogP contribution in [0.2, 0.25) is 0 Å². The van der Waals surface area contributed by atoms with Gasteiger partial charge in [-0.15, -0.1) is 0 Å².